The normalized spacial score (nSPS) is 10.6. The number of hydrogen-bond donors (Lipinski definition) is 5. The summed E-state index contributed by atoms with van der Waals surface area (Å²) in [7, 11) is 0. The van der Waals surface area contributed by atoms with E-state index in [1.165, 1.54) is 0 Å². The number of nitrogens with one attached hydrogen (secondary N) is 2. The van der Waals surface area contributed by atoms with E-state index in [9.17, 15) is 14.4 Å². The van der Waals surface area contributed by atoms with Crippen molar-refractivity contribution in [2.75, 3.05) is 0 Å². The molecule has 1 aromatic carbocycles. The van der Waals surface area contributed by atoms with E-state index in [0.29, 0.717) is 24.8 Å². The number of unbranched alkanes of at least 4 members (excludes halogenated alkanes) is 6. The number of carbonyl (C=O) groups is 3. The molecule has 0 aliphatic heterocycles. The zero-order chi connectivity index (χ0) is 21.5. The lowest BCUT2D eigenvalue weighted by Crippen LogP contribution is -2.17. The van der Waals surface area contributed by atoms with Crippen molar-refractivity contribution in [3.63, 3.8) is 0 Å². The largest absolute Gasteiger partial charge is 0.366 e. The van der Waals surface area contributed by atoms with Crippen molar-refractivity contribution in [2.24, 2.45) is 5.73 Å². The number of rotatable bonds is 15. The Morgan fingerprint density at radius 3 is 1.79 bits per heavy atom. The minimum Gasteiger partial charge on any atom is -0.366 e. The van der Waals surface area contributed by atoms with Gasteiger partial charge in [0.25, 0.3) is 0 Å². The van der Waals surface area contributed by atoms with Crippen molar-refractivity contribution in [2.45, 2.75) is 77.0 Å². The minimum atomic E-state index is -0.420. The van der Waals surface area contributed by atoms with E-state index >= 15 is 0 Å². The zero-order valence-corrected chi connectivity index (χ0v) is 16.9. The number of benzene rings is 1. The van der Waals surface area contributed by atoms with Crippen LogP contribution in [0.4, 0.5) is 0 Å². The van der Waals surface area contributed by atoms with Crippen molar-refractivity contribution in [3.05, 3.63) is 34.9 Å². The van der Waals surface area contributed by atoms with E-state index in [4.69, 9.17) is 16.1 Å². The Labute approximate surface area is 171 Å². The molecule has 1 rings (SSSR count). The van der Waals surface area contributed by atoms with E-state index in [0.717, 1.165) is 68.9 Å². The van der Waals surface area contributed by atoms with Gasteiger partial charge in [-0.2, -0.15) is 0 Å². The SMILES string of the molecule is NC(=O)c1cccc(CCCCCCC(=O)NO)c1CCCCCCC(=O)NO. The Morgan fingerprint density at radius 2 is 1.28 bits per heavy atom. The number of amides is 3. The lowest BCUT2D eigenvalue weighted by molar-refractivity contribution is -0.130. The molecule has 0 unspecified atom stereocenters. The standard InChI is InChI=1S/C21H33N3O5/c22-21(27)18-13-9-11-16(10-5-1-3-7-14-19(25)23-28)17(18)12-6-2-4-8-15-20(26)24-29/h9,11,13,28-29H,1-8,10,12,14-15H2,(H2,22,27)(H,23,25)(H,24,26). The van der Waals surface area contributed by atoms with Crippen molar-refractivity contribution in [1.82, 2.24) is 11.0 Å². The molecule has 0 aliphatic carbocycles. The highest BCUT2D eigenvalue weighted by Crippen LogP contribution is 2.21. The number of hydroxylamine groups is 2. The molecule has 3 amide bonds. The van der Waals surface area contributed by atoms with Crippen LogP contribution in [-0.4, -0.2) is 28.1 Å². The Kier molecular flexibility index (Phi) is 12.3. The van der Waals surface area contributed by atoms with Crippen molar-refractivity contribution in [3.8, 4) is 0 Å². The van der Waals surface area contributed by atoms with Gasteiger partial charge in [-0.15, -0.1) is 0 Å². The summed E-state index contributed by atoms with van der Waals surface area (Å²) in [6, 6.07) is 5.66. The maximum absolute atomic E-state index is 11.8. The van der Waals surface area contributed by atoms with Crippen LogP contribution in [0.1, 0.15) is 85.7 Å². The van der Waals surface area contributed by atoms with Gasteiger partial charge in [0.2, 0.25) is 17.7 Å². The van der Waals surface area contributed by atoms with Crippen LogP contribution in [0.3, 0.4) is 0 Å². The quantitative estimate of drug-likeness (QED) is 0.173. The first kappa shape index (κ1) is 24.6. The van der Waals surface area contributed by atoms with E-state index in [2.05, 4.69) is 0 Å². The fraction of sp³-hybridized carbons (Fsp3) is 0.571. The molecule has 0 radical (unpaired) electrons. The van der Waals surface area contributed by atoms with Gasteiger partial charge in [-0.25, -0.2) is 11.0 Å². The molecule has 0 aliphatic rings. The predicted octanol–water partition coefficient (Wildman–Crippen LogP) is 2.78. The molecule has 8 heteroatoms. The Bertz CT molecular complexity index is 664. The lowest BCUT2D eigenvalue weighted by atomic mass is 9.92. The third-order valence-corrected chi connectivity index (χ3v) is 4.97. The molecule has 29 heavy (non-hydrogen) atoms. The van der Waals surface area contributed by atoms with E-state index in [1.54, 1.807) is 17.0 Å². The van der Waals surface area contributed by atoms with Crippen molar-refractivity contribution in [1.29, 1.82) is 0 Å². The fourth-order valence-corrected chi connectivity index (χ4v) is 3.40. The molecule has 0 fully saturated rings. The highest BCUT2D eigenvalue weighted by molar-refractivity contribution is 5.94. The number of aryl methyl sites for hydroxylation is 1. The average molecular weight is 408 g/mol. The smallest absolute Gasteiger partial charge is 0.248 e. The molecule has 0 bridgehead atoms. The van der Waals surface area contributed by atoms with Gasteiger partial charge in [0.15, 0.2) is 0 Å². The molecule has 6 N–H and O–H groups in total. The second-order valence-corrected chi connectivity index (χ2v) is 7.21. The summed E-state index contributed by atoms with van der Waals surface area (Å²) in [4.78, 5) is 33.8. The van der Waals surface area contributed by atoms with E-state index in [1.807, 2.05) is 12.1 Å². The molecule has 0 heterocycles. The molecule has 1 aromatic rings. The van der Waals surface area contributed by atoms with Gasteiger partial charge in [-0.1, -0.05) is 37.8 Å². The number of primary amides is 1. The fourth-order valence-electron chi connectivity index (χ4n) is 3.40. The predicted molar refractivity (Wildman–Crippen MR) is 108 cm³/mol. The summed E-state index contributed by atoms with van der Waals surface area (Å²) in [6.45, 7) is 0. The van der Waals surface area contributed by atoms with Gasteiger partial charge >= 0.3 is 0 Å². The third kappa shape index (κ3) is 10.0. The summed E-state index contributed by atoms with van der Waals surface area (Å²) >= 11 is 0. The maximum atomic E-state index is 11.8. The monoisotopic (exact) mass is 407 g/mol. The molecule has 8 nitrogen and oxygen atoms in total. The zero-order valence-electron chi connectivity index (χ0n) is 16.9. The van der Waals surface area contributed by atoms with Crippen molar-refractivity contribution < 1.29 is 24.8 Å². The van der Waals surface area contributed by atoms with Gasteiger partial charge in [0.05, 0.1) is 0 Å². The molecule has 162 valence electrons. The maximum Gasteiger partial charge on any atom is 0.248 e. The van der Waals surface area contributed by atoms with Crippen LogP contribution >= 0.6 is 0 Å². The van der Waals surface area contributed by atoms with Gasteiger partial charge in [0, 0.05) is 18.4 Å². The Morgan fingerprint density at radius 1 is 0.759 bits per heavy atom. The first-order valence-electron chi connectivity index (χ1n) is 10.3. The summed E-state index contributed by atoms with van der Waals surface area (Å²) in [5.74, 6) is -1.15. The molecule has 0 spiro atoms. The van der Waals surface area contributed by atoms with Gasteiger partial charge in [0.1, 0.15) is 0 Å². The summed E-state index contributed by atoms with van der Waals surface area (Å²) in [5.41, 5.74) is 11.5. The molecule has 0 aromatic heterocycles. The molecule has 0 atom stereocenters. The second-order valence-electron chi connectivity index (χ2n) is 7.21. The van der Waals surface area contributed by atoms with Gasteiger partial charge in [-0.3, -0.25) is 24.8 Å². The van der Waals surface area contributed by atoms with Crippen LogP contribution < -0.4 is 16.7 Å². The molecular weight excluding hydrogens is 374 g/mol. The van der Waals surface area contributed by atoms with Crippen LogP contribution in [-0.2, 0) is 22.4 Å². The van der Waals surface area contributed by atoms with Crippen LogP contribution in [0, 0.1) is 0 Å². The first-order chi connectivity index (χ1) is 14.0. The third-order valence-electron chi connectivity index (χ3n) is 4.97. The highest BCUT2D eigenvalue weighted by Gasteiger charge is 2.12. The van der Waals surface area contributed by atoms with E-state index in [-0.39, 0.29) is 11.8 Å². The molecule has 0 saturated heterocycles. The van der Waals surface area contributed by atoms with Crippen molar-refractivity contribution >= 4 is 17.7 Å². The van der Waals surface area contributed by atoms with Gasteiger partial charge < -0.3 is 5.73 Å². The lowest BCUT2D eigenvalue weighted by Gasteiger charge is -2.13. The highest BCUT2D eigenvalue weighted by atomic mass is 16.5. The van der Waals surface area contributed by atoms with E-state index < -0.39 is 5.91 Å². The summed E-state index contributed by atoms with van der Waals surface area (Å²) in [6.07, 6.45) is 9.20. The van der Waals surface area contributed by atoms with Crippen LogP contribution in [0.25, 0.3) is 0 Å². The summed E-state index contributed by atoms with van der Waals surface area (Å²) in [5, 5.41) is 17.0. The van der Waals surface area contributed by atoms with Gasteiger partial charge in [-0.05, 0) is 55.7 Å². The molecular formula is C21H33N3O5. The van der Waals surface area contributed by atoms with Crippen LogP contribution in [0.5, 0.6) is 0 Å². The Hall–Kier alpha value is -2.45. The summed E-state index contributed by atoms with van der Waals surface area (Å²) < 4.78 is 0. The number of carbonyl (C=O) groups excluding carboxylic acids is 3. The van der Waals surface area contributed by atoms with Crippen LogP contribution in [0.15, 0.2) is 18.2 Å². The average Bonchev–Trinajstić information content (AvgIpc) is 2.72. The van der Waals surface area contributed by atoms with Crippen LogP contribution in [0.2, 0.25) is 0 Å². The number of nitrogens with two attached hydrogens (primary N) is 1. The number of hydrogen-bond acceptors (Lipinski definition) is 5. The minimum absolute atomic E-state index is 0.305. The first-order valence-corrected chi connectivity index (χ1v) is 10.3. The second kappa shape index (κ2) is 14.5. The topological polar surface area (TPSA) is 142 Å². The molecule has 0 saturated carbocycles. The Balaban J connectivity index is 2.49.